The molecule has 0 aliphatic carbocycles. The van der Waals surface area contributed by atoms with Crippen molar-refractivity contribution in [2.24, 2.45) is 5.92 Å². The minimum Gasteiger partial charge on any atom is -0.469 e. The van der Waals surface area contributed by atoms with E-state index in [0.29, 0.717) is 5.11 Å². The van der Waals surface area contributed by atoms with E-state index in [9.17, 15) is 4.79 Å². The van der Waals surface area contributed by atoms with Crippen molar-refractivity contribution < 1.29 is 14.3 Å². The lowest BCUT2D eigenvalue weighted by Crippen LogP contribution is -2.71. The molecule has 2 aliphatic rings. The van der Waals surface area contributed by atoms with Gasteiger partial charge in [-0.1, -0.05) is 34.1 Å². The number of hydrogen-bond acceptors (Lipinski definition) is 4. The van der Waals surface area contributed by atoms with Gasteiger partial charge in [0.2, 0.25) is 5.72 Å². The highest BCUT2D eigenvalue weighted by molar-refractivity contribution is 9.10. The Morgan fingerprint density at radius 1 is 1.31 bits per heavy atom. The Balaban J connectivity index is 1.92. The van der Waals surface area contributed by atoms with E-state index in [2.05, 4.69) is 21.2 Å². The van der Waals surface area contributed by atoms with Crippen LogP contribution in [-0.2, 0) is 9.53 Å². The second-order valence-corrected chi connectivity index (χ2v) is 7.74. The number of nitrogens with one attached hydrogen (secondary N) is 1. The maximum Gasteiger partial charge on any atom is 0.317 e. The number of anilines is 1. The van der Waals surface area contributed by atoms with Gasteiger partial charge in [0.05, 0.1) is 13.2 Å². The average Bonchev–Trinajstić information content (AvgIpc) is 2.62. The molecule has 5 nitrogen and oxygen atoms in total. The Morgan fingerprint density at radius 3 is 2.73 bits per heavy atom. The fourth-order valence-corrected chi connectivity index (χ4v) is 4.60. The van der Waals surface area contributed by atoms with E-state index < -0.39 is 11.6 Å². The number of rotatable bonds is 2. The summed E-state index contributed by atoms with van der Waals surface area (Å²) in [6.45, 7) is 1.88. The van der Waals surface area contributed by atoms with Crippen LogP contribution in [0.2, 0.25) is 0 Å². The first-order valence-electron chi connectivity index (χ1n) is 8.18. The van der Waals surface area contributed by atoms with Crippen LogP contribution in [0.1, 0.15) is 18.5 Å². The number of nitrogens with zero attached hydrogens (tertiary/aromatic N) is 1. The highest BCUT2D eigenvalue weighted by atomic mass is 79.9. The third kappa shape index (κ3) is 2.49. The van der Waals surface area contributed by atoms with Gasteiger partial charge in [-0.05, 0) is 49.5 Å². The van der Waals surface area contributed by atoms with Gasteiger partial charge in [0, 0.05) is 15.7 Å². The quantitative estimate of drug-likeness (QED) is 0.575. The number of ether oxygens (including phenoxy) is 2. The summed E-state index contributed by atoms with van der Waals surface area (Å²) in [4.78, 5) is 14.6. The Kier molecular flexibility index (Phi) is 4.16. The van der Waals surface area contributed by atoms with Crippen LogP contribution in [0.3, 0.4) is 0 Å². The minimum atomic E-state index is -1.01. The smallest absolute Gasteiger partial charge is 0.317 e. The lowest BCUT2D eigenvalue weighted by molar-refractivity contribution is -0.157. The van der Waals surface area contributed by atoms with E-state index >= 15 is 0 Å². The molecule has 0 amide bonds. The zero-order valence-electron chi connectivity index (χ0n) is 14.2. The maximum atomic E-state index is 12.7. The molecule has 2 bridgehead atoms. The topological polar surface area (TPSA) is 50.8 Å². The molecule has 1 saturated heterocycles. The molecule has 0 spiro atoms. The SMILES string of the molecule is COC(=O)[C@H]1[C@H]2NC(=S)N(c3ccccc3)[C@@]1(C)Oc1ccc(Br)cc12. The third-order valence-corrected chi connectivity index (χ3v) is 5.72. The van der Waals surface area contributed by atoms with E-state index in [4.69, 9.17) is 21.7 Å². The molecule has 4 rings (SSSR count). The number of thiocarbonyl (C=S) groups is 1. The summed E-state index contributed by atoms with van der Waals surface area (Å²) in [5, 5.41) is 3.83. The first kappa shape index (κ1) is 17.3. The van der Waals surface area contributed by atoms with Crippen molar-refractivity contribution in [2.75, 3.05) is 12.0 Å². The second-order valence-electron chi connectivity index (χ2n) is 6.44. The van der Waals surface area contributed by atoms with Gasteiger partial charge in [0.25, 0.3) is 0 Å². The van der Waals surface area contributed by atoms with Crippen LogP contribution in [-0.4, -0.2) is 23.9 Å². The molecule has 26 heavy (non-hydrogen) atoms. The number of carbonyl (C=O) groups is 1. The summed E-state index contributed by atoms with van der Waals surface area (Å²) >= 11 is 9.13. The number of methoxy groups -OCH3 is 1. The van der Waals surface area contributed by atoms with Crippen molar-refractivity contribution in [3.63, 3.8) is 0 Å². The van der Waals surface area contributed by atoms with Crippen molar-refractivity contribution in [3.8, 4) is 5.75 Å². The van der Waals surface area contributed by atoms with Gasteiger partial charge < -0.3 is 14.8 Å². The van der Waals surface area contributed by atoms with Crippen molar-refractivity contribution in [2.45, 2.75) is 18.7 Å². The molecule has 3 atom stereocenters. The maximum absolute atomic E-state index is 12.7. The van der Waals surface area contributed by atoms with E-state index in [0.717, 1.165) is 21.5 Å². The van der Waals surface area contributed by atoms with Crippen molar-refractivity contribution in [3.05, 3.63) is 58.6 Å². The number of carbonyl (C=O) groups excluding carboxylic acids is 1. The molecule has 1 N–H and O–H groups in total. The zero-order valence-corrected chi connectivity index (χ0v) is 16.6. The molecule has 0 aromatic heterocycles. The van der Waals surface area contributed by atoms with Crippen LogP contribution in [0.15, 0.2) is 53.0 Å². The summed E-state index contributed by atoms with van der Waals surface area (Å²) in [5.74, 6) is -0.225. The Labute approximate surface area is 165 Å². The third-order valence-electron chi connectivity index (χ3n) is 4.93. The fourth-order valence-electron chi connectivity index (χ4n) is 3.81. The number of halogens is 1. The van der Waals surface area contributed by atoms with E-state index in [1.54, 1.807) is 0 Å². The largest absolute Gasteiger partial charge is 0.469 e. The Bertz CT molecular complexity index is 892. The lowest BCUT2D eigenvalue weighted by Gasteiger charge is -2.55. The molecular formula is C19H17BrN2O3S. The summed E-state index contributed by atoms with van der Waals surface area (Å²) < 4.78 is 12.4. The molecule has 0 saturated carbocycles. The molecule has 1 fully saturated rings. The van der Waals surface area contributed by atoms with Gasteiger partial charge in [-0.2, -0.15) is 0 Å². The van der Waals surface area contributed by atoms with Crippen LogP contribution in [0.5, 0.6) is 5.75 Å². The van der Waals surface area contributed by atoms with E-state index in [1.807, 2.05) is 60.4 Å². The first-order chi connectivity index (χ1) is 12.5. The van der Waals surface area contributed by atoms with Gasteiger partial charge in [-0.25, -0.2) is 0 Å². The molecule has 2 aromatic carbocycles. The fraction of sp³-hybridized carbons (Fsp3) is 0.263. The summed E-state index contributed by atoms with van der Waals surface area (Å²) in [6, 6.07) is 15.1. The van der Waals surface area contributed by atoms with Crippen LogP contribution in [0.4, 0.5) is 5.69 Å². The Hall–Kier alpha value is -2.12. The van der Waals surface area contributed by atoms with Crippen molar-refractivity contribution in [1.29, 1.82) is 0 Å². The van der Waals surface area contributed by atoms with Crippen molar-refractivity contribution >= 4 is 44.9 Å². The highest BCUT2D eigenvalue weighted by Gasteiger charge is 2.59. The molecule has 2 heterocycles. The van der Waals surface area contributed by atoms with Crippen LogP contribution in [0, 0.1) is 5.92 Å². The number of para-hydroxylation sites is 1. The summed E-state index contributed by atoms with van der Waals surface area (Å²) in [5.41, 5.74) is 0.713. The lowest BCUT2D eigenvalue weighted by atomic mass is 9.79. The molecule has 134 valence electrons. The van der Waals surface area contributed by atoms with E-state index in [1.165, 1.54) is 7.11 Å². The predicted molar refractivity (Wildman–Crippen MR) is 106 cm³/mol. The van der Waals surface area contributed by atoms with Crippen LogP contribution < -0.4 is 15.0 Å². The Morgan fingerprint density at radius 2 is 2.04 bits per heavy atom. The zero-order chi connectivity index (χ0) is 18.5. The van der Waals surface area contributed by atoms with Crippen LogP contribution >= 0.6 is 28.1 Å². The van der Waals surface area contributed by atoms with Gasteiger partial charge >= 0.3 is 5.97 Å². The number of esters is 1. The highest BCUT2D eigenvalue weighted by Crippen LogP contribution is 2.50. The number of fused-ring (bicyclic) bond motifs is 4. The standard InChI is InChI=1S/C19H17BrN2O3S/c1-19-15(17(23)24-2)16(13-10-11(20)8-9-14(13)25-19)21-18(26)22(19)12-6-4-3-5-7-12/h3-10,15-16H,1-2H3,(H,21,26)/t15-,16+,19+/m1/s1. The molecule has 2 aliphatic heterocycles. The summed E-state index contributed by atoms with van der Waals surface area (Å²) in [6.07, 6.45) is 0. The first-order valence-corrected chi connectivity index (χ1v) is 9.38. The normalized spacial score (nSPS) is 26.4. The van der Waals surface area contributed by atoms with E-state index in [-0.39, 0.29) is 12.0 Å². The van der Waals surface area contributed by atoms with Gasteiger partial charge in [0.15, 0.2) is 5.11 Å². The van der Waals surface area contributed by atoms with Gasteiger partial charge in [-0.15, -0.1) is 0 Å². The monoisotopic (exact) mass is 432 g/mol. The van der Waals surface area contributed by atoms with Gasteiger partial charge in [0.1, 0.15) is 11.7 Å². The number of benzene rings is 2. The van der Waals surface area contributed by atoms with Crippen LogP contribution in [0.25, 0.3) is 0 Å². The molecule has 0 unspecified atom stereocenters. The minimum absolute atomic E-state index is 0.332. The predicted octanol–water partition coefficient (Wildman–Crippen LogP) is 3.78. The summed E-state index contributed by atoms with van der Waals surface area (Å²) in [7, 11) is 1.39. The van der Waals surface area contributed by atoms with Crippen molar-refractivity contribution in [1.82, 2.24) is 5.32 Å². The molecule has 0 radical (unpaired) electrons. The van der Waals surface area contributed by atoms with Gasteiger partial charge in [-0.3, -0.25) is 9.69 Å². The molecular weight excluding hydrogens is 416 g/mol. The molecule has 2 aromatic rings. The average molecular weight is 433 g/mol. The molecule has 7 heteroatoms. The second kappa shape index (κ2) is 6.25. The number of hydrogen-bond donors (Lipinski definition) is 1.